The average molecular weight is 241 g/mol. The lowest BCUT2D eigenvalue weighted by atomic mass is 10.1. The second-order valence-electron chi connectivity index (χ2n) is 4.44. The molecule has 0 saturated heterocycles. The summed E-state index contributed by atoms with van der Waals surface area (Å²) in [5.41, 5.74) is 3.88. The Morgan fingerprint density at radius 2 is 2.11 bits per heavy atom. The van der Waals surface area contributed by atoms with E-state index in [4.69, 9.17) is 0 Å². The molecule has 0 radical (unpaired) electrons. The normalized spacial score (nSPS) is 14.2. The summed E-state index contributed by atoms with van der Waals surface area (Å²) in [5, 5.41) is 7.30. The van der Waals surface area contributed by atoms with Crippen LogP contribution in [0.15, 0.2) is 30.3 Å². The predicted octanol–water partition coefficient (Wildman–Crippen LogP) is 1.86. The zero-order valence-electron chi connectivity index (χ0n) is 10.3. The molecule has 4 nitrogen and oxygen atoms in total. The number of aryl methyl sites for hydroxylation is 1. The van der Waals surface area contributed by atoms with Gasteiger partial charge in [0, 0.05) is 12.1 Å². The van der Waals surface area contributed by atoms with Gasteiger partial charge >= 0.3 is 0 Å². The van der Waals surface area contributed by atoms with E-state index in [1.807, 2.05) is 6.07 Å². The van der Waals surface area contributed by atoms with Crippen molar-refractivity contribution in [2.45, 2.75) is 19.9 Å². The molecule has 0 spiro atoms. The monoisotopic (exact) mass is 241 g/mol. The van der Waals surface area contributed by atoms with Crippen molar-refractivity contribution < 1.29 is 4.79 Å². The zero-order valence-corrected chi connectivity index (χ0v) is 10.3. The molecule has 1 N–H and O–H groups in total. The van der Waals surface area contributed by atoms with Gasteiger partial charge in [0.2, 0.25) is 0 Å². The van der Waals surface area contributed by atoms with E-state index in [0.717, 1.165) is 24.2 Å². The molecule has 0 saturated carbocycles. The van der Waals surface area contributed by atoms with E-state index in [-0.39, 0.29) is 5.91 Å². The van der Waals surface area contributed by atoms with Crippen molar-refractivity contribution in [1.29, 1.82) is 0 Å². The summed E-state index contributed by atoms with van der Waals surface area (Å²) in [6, 6.07) is 10.2. The first-order valence-electron chi connectivity index (χ1n) is 6.23. The van der Waals surface area contributed by atoms with Gasteiger partial charge in [-0.2, -0.15) is 5.10 Å². The molecule has 1 amide bonds. The van der Waals surface area contributed by atoms with Crippen LogP contribution < -0.4 is 5.32 Å². The second kappa shape index (κ2) is 4.29. The lowest BCUT2D eigenvalue weighted by Crippen LogP contribution is -2.35. The van der Waals surface area contributed by atoms with Crippen LogP contribution in [0.2, 0.25) is 0 Å². The second-order valence-corrected chi connectivity index (χ2v) is 4.44. The van der Waals surface area contributed by atoms with E-state index in [9.17, 15) is 4.79 Å². The molecule has 1 aromatic heterocycles. The summed E-state index contributed by atoms with van der Waals surface area (Å²) < 4.78 is 1.78. The fourth-order valence-corrected chi connectivity index (χ4v) is 2.19. The van der Waals surface area contributed by atoms with Crippen molar-refractivity contribution >= 4 is 5.91 Å². The minimum atomic E-state index is -0.0369. The van der Waals surface area contributed by atoms with Crippen molar-refractivity contribution in [2.75, 3.05) is 6.54 Å². The standard InChI is InChI=1S/C14H15N3O/c1-2-10-3-5-11(6-4-10)12-9-13-14(18)15-7-8-17(13)16-12/h3-6,9H,2,7-8H2,1H3,(H,15,18). The van der Waals surface area contributed by atoms with Crippen LogP contribution >= 0.6 is 0 Å². The van der Waals surface area contributed by atoms with Crippen LogP contribution in [-0.2, 0) is 13.0 Å². The summed E-state index contributed by atoms with van der Waals surface area (Å²) >= 11 is 0. The number of nitrogens with zero attached hydrogens (tertiary/aromatic N) is 2. The van der Waals surface area contributed by atoms with Crippen LogP contribution in [0.25, 0.3) is 11.3 Å². The fraction of sp³-hybridized carbons (Fsp3) is 0.286. The largest absolute Gasteiger partial charge is 0.349 e. The lowest BCUT2D eigenvalue weighted by molar-refractivity contribution is 0.0924. The lowest BCUT2D eigenvalue weighted by Gasteiger charge is -2.13. The summed E-state index contributed by atoms with van der Waals surface area (Å²) in [6.07, 6.45) is 1.03. The number of rotatable bonds is 2. The number of nitrogens with one attached hydrogen (secondary N) is 1. The van der Waals surface area contributed by atoms with Gasteiger partial charge in [-0.3, -0.25) is 9.48 Å². The van der Waals surface area contributed by atoms with Gasteiger partial charge in [0.25, 0.3) is 5.91 Å². The minimum Gasteiger partial charge on any atom is -0.349 e. The minimum absolute atomic E-state index is 0.0369. The van der Waals surface area contributed by atoms with E-state index < -0.39 is 0 Å². The summed E-state index contributed by atoms with van der Waals surface area (Å²) in [5.74, 6) is -0.0369. The molecule has 2 heterocycles. The van der Waals surface area contributed by atoms with Gasteiger partial charge in [-0.15, -0.1) is 0 Å². The summed E-state index contributed by atoms with van der Waals surface area (Å²) in [6.45, 7) is 3.53. The highest BCUT2D eigenvalue weighted by atomic mass is 16.2. The van der Waals surface area contributed by atoms with Crippen LogP contribution in [0, 0.1) is 0 Å². The molecule has 1 aliphatic rings. The number of fused-ring (bicyclic) bond motifs is 1. The highest BCUT2D eigenvalue weighted by Crippen LogP contribution is 2.21. The van der Waals surface area contributed by atoms with Gasteiger partial charge in [-0.05, 0) is 18.1 Å². The SMILES string of the molecule is CCc1ccc(-c2cc3n(n2)CCNC3=O)cc1. The number of benzene rings is 1. The molecule has 0 fully saturated rings. The molecule has 18 heavy (non-hydrogen) atoms. The molecule has 92 valence electrons. The zero-order chi connectivity index (χ0) is 12.5. The van der Waals surface area contributed by atoms with Crippen molar-refractivity contribution in [2.24, 2.45) is 0 Å². The predicted molar refractivity (Wildman–Crippen MR) is 69.4 cm³/mol. The smallest absolute Gasteiger partial charge is 0.269 e. The quantitative estimate of drug-likeness (QED) is 0.872. The van der Waals surface area contributed by atoms with Crippen molar-refractivity contribution in [3.63, 3.8) is 0 Å². The molecule has 0 aliphatic carbocycles. The maximum atomic E-state index is 11.7. The average Bonchev–Trinajstić information content (AvgIpc) is 2.84. The molecule has 4 heteroatoms. The van der Waals surface area contributed by atoms with Crippen molar-refractivity contribution in [1.82, 2.24) is 15.1 Å². The Kier molecular flexibility index (Phi) is 2.63. The third kappa shape index (κ3) is 1.79. The van der Waals surface area contributed by atoms with Crippen molar-refractivity contribution in [3.8, 4) is 11.3 Å². The highest BCUT2D eigenvalue weighted by Gasteiger charge is 2.19. The van der Waals surface area contributed by atoms with E-state index in [0.29, 0.717) is 12.2 Å². The number of hydrogen-bond acceptors (Lipinski definition) is 2. The molecule has 3 rings (SSSR count). The number of amides is 1. The number of hydrogen-bond donors (Lipinski definition) is 1. The number of aromatic nitrogens is 2. The van der Waals surface area contributed by atoms with Gasteiger partial charge in [0.1, 0.15) is 5.69 Å². The highest BCUT2D eigenvalue weighted by molar-refractivity contribution is 5.94. The van der Waals surface area contributed by atoms with Gasteiger partial charge in [-0.25, -0.2) is 0 Å². The number of carbonyl (C=O) groups excluding carboxylic acids is 1. The maximum absolute atomic E-state index is 11.7. The van der Waals surface area contributed by atoms with Crippen LogP contribution in [0.1, 0.15) is 23.0 Å². The molecule has 0 atom stereocenters. The van der Waals surface area contributed by atoms with Crippen LogP contribution in [-0.4, -0.2) is 22.2 Å². The molecule has 1 aliphatic heterocycles. The number of carbonyl (C=O) groups is 1. The first-order valence-corrected chi connectivity index (χ1v) is 6.23. The third-order valence-electron chi connectivity index (χ3n) is 3.28. The Bertz CT molecular complexity index is 584. The molecule has 0 unspecified atom stereocenters. The summed E-state index contributed by atoms with van der Waals surface area (Å²) in [7, 11) is 0. The van der Waals surface area contributed by atoms with Crippen molar-refractivity contribution in [3.05, 3.63) is 41.6 Å². The van der Waals surface area contributed by atoms with E-state index >= 15 is 0 Å². The Hall–Kier alpha value is -2.10. The summed E-state index contributed by atoms with van der Waals surface area (Å²) in [4.78, 5) is 11.7. The molecule has 0 bridgehead atoms. The molecule has 2 aromatic rings. The van der Waals surface area contributed by atoms with Gasteiger partial charge < -0.3 is 5.32 Å². The Labute approximate surface area is 106 Å². The maximum Gasteiger partial charge on any atom is 0.269 e. The fourth-order valence-electron chi connectivity index (χ4n) is 2.19. The van der Waals surface area contributed by atoms with E-state index in [1.165, 1.54) is 5.56 Å². The van der Waals surface area contributed by atoms with Crippen LogP contribution in [0.5, 0.6) is 0 Å². The van der Waals surface area contributed by atoms with Gasteiger partial charge in [-0.1, -0.05) is 31.2 Å². The Balaban J connectivity index is 1.99. The Morgan fingerprint density at radius 3 is 2.78 bits per heavy atom. The topological polar surface area (TPSA) is 46.9 Å². The first kappa shape index (κ1) is 11.0. The Morgan fingerprint density at radius 1 is 1.33 bits per heavy atom. The van der Waals surface area contributed by atoms with E-state index in [1.54, 1.807) is 4.68 Å². The van der Waals surface area contributed by atoms with Gasteiger partial charge in [0.15, 0.2) is 0 Å². The molecular weight excluding hydrogens is 226 g/mol. The molecule has 1 aromatic carbocycles. The van der Waals surface area contributed by atoms with Gasteiger partial charge in [0.05, 0.1) is 12.2 Å². The third-order valence-corrected chi connectivity index (χ3v) is 3.28. The first-order chi connectivity index (χ1) is 8.78. The van der Waals surface area contributed by atoms with Crippen LogP contribution in [0.3, 0.4) is 0 Å². The van der Waals surface area contributed by atoms with Crippen LogP contribution in [0.4, 0.5) is 0 Å². The van der Waals surface area contributed by atoms with E-state index in [2.05, 4.69) is 41.6 Å². The molecular formula is C14H15N3O.